The van der Waals surface area contributed by atoms with Gasteiger partial charge in [-0.15, -0.1) is 0 Å². The molecule has 0 unspecified atom stereocenters. The molecule has 2 fully saturated rings. The summed E-state index contributed by atoms with van der Waals surface area (Å²) in [6.07, 6.45) is 1.14. The van der Waals surface area contributed by atoms with Gasteiger partial charge in [0.15, 0.2) is 0 Å². The van der Waals surface area contributed by atoms with Gasteiger partial charge in [0.2, 0.25) is 0 Å². The summed E-state index contributed by atoms with van der Waals surface area (Å²) in [7, 11) is 0. The lowest BCUT2D eigenvalue weighted by atomic mass is 9.81. The quantitative estimate of drug-likeness (QED) is 0.541. The Hall–Kier alpha value is -0.920. The standard InChI is InChI=1S/C15H13Br2ClN2O3/c16-11-5-9-10(6-12(11)17)15(23)20(14(9)22)19-13(21)7-1-3-8(18)4-2-7/h1-4,9-12H,5-6H2,(H,19,21)/t9-,10+,11-,12-/m0/s1. The third-order valence-electron chi connectivity index (χ3n) is 4.23. The third kappa shape index (κ3) is 3.19. The van der Waals surface area contributed by atoms with Crippen LogP contribution in [0.15, 0.2) is 24.3 Å². The first-order valence-corrected chi connectivity index (χ1v) is 9.32. The molecule has 4 atom stereocenters. The summed E-state index contributed by atoms with van der Waals surface area (Å²) in [5.41, 5.74) is 2.76. The van der Waals surface area contributed by atoms with E-state index in [-0.39, 0.29) is 33.3 Å². The molecule has 122 valence electrons. The minimum Gasteiger partial charge on any atom is -0.272 e. The molecule has 8 heteroatoms. The number of nitrogens with zero attached hydrogens (tertiary/aromatic N) is 1. The van der Waals surface area contributed by atoms with Gasteiger partial charge in [-0.2, -0.15) is 5.01 Å². The Morgan fingerprint density at radius 2 is 1.52 bits per heavy atom. The van der Waals surface area contributed by atoms with Gasteiger partial charge >= 0.3 is 0 Å². The maximum Gasteiger partial charge on any atom is 0.270 e. The van der Waals surface area contributed by atoms with Crippen molar-refractivity contribution in [3.63, 3.8) is 0 Å². The molecule has 1 aromatic rings. The Balaban J connectivity index is 1.76. The van der Waals surface area contributed by atoms with E-state index in [0.717, 1.165) is 5.01 Å². The van der Waals surface area contributed by atoms with Crippen molar-refractivity contribution in [1.82, 2.24) is 10.4 Å². The zero-order valence-corrected chi connectivity index (χ0v) is 15.8. The van der Waals surface area contributed by atoms with Crippen LogP contribution in [0, 0.1) is 11.8 Å². The number of hydrogen-bond donors (Lipinski definition) is 1. The van der Waals surface area contributed by atoms with Crippen LogP contribution in [0.1, 0.15) is 23.2 Å². The molecule has 0 bridgehead atoms. The van der Waals surface area contributed by atoms with Gasteiger partial charge in [0, 0.05) is 20.2 Å². The Labute approximate surface area is 155 Å². The van der Waals surface area contributed by atoms with Crippen molar-refractivity contribution < 1.29 is 14.4 Å². The number of halogens is 3. The topological polar surface area (TPSA) is 66.5 Å². The van der Waals surface area contributed by atoms with Crippen LogP contribution in [0.25, 0.3) is 0 Å². The summed E-state index contributed by atoms with van der Waals surface area (Å²) in [4.78, 5) is 37.4. The minimum absolute atomic E-state index is 0.132. The second kappa shape index (κ2) is 6.53. The normalized spacial score (nSPS) is 30.3. The summed E-state index contributed by atoms with van der Waals surface area (Å²) in [6, 6.07) is 6.24. The lowest BCUT2D eigenvalue weighted by Gasteiger charge is -2.29. The Morgan fingerprint density at radius 1 is 1.04 bits per heavy atom. The molecule has 5 nitrogen and oxygen atoms in total. The van der Waals surface area contributed by atoms with Crippen LogP contribution in [0.4, 0.5) is 0 Å². The van der Waals surface area contributed by atoms with E-state index in [2.05, 4.69) is 37.3 Å². The van der Waals surface area contributed by atoms with E-state index in [4.69, 9.17) is 11.6 Å². The number of imide groups is 1. The van der Waals surface area contributed by atoms with Crippen molar-refractivity contribution in [2.75, 3.05) is 0 Å². The average molecular weight is 465 g/mol. The molecule has 3 amide bonds. The zero-order chi connectivity index (χ0) is 16.7. The molecule has 0 radical (unpaired) electrons. The number of fused-ring (bicyclic) bond motifs is 1. The molecule has 1 saturated carbocycles. The van der Waals surface area contributed by atoms with Gasteiger partial charge in [0.05, 0.1) is 11.8 Å². The fourth-order valence-electron chi connectivity index (χ4n) is 2.97. The van der Waals surface area contributed by atoms with Gasteiger partial charge in [0.25, 0.3) is 17.7 Å². The molecule has 1 N–H and O–H groups in total. The molecule has 1 aliphatic heterocycles. The molecule has 23 heavy (non-hydrogen) atoms. The number of hydrogen-bond acceptors (Lipinski definition) is 3. The van der Waals surface area contributed by atoms with Gasteiger partial charge in [0.1, 0.15) is 0 Å². The van der Waals surface area contributed by atoms with Crippen LogP contribution in [-0.4, -0.2) is 32.4 Å². The van der Waals surface area contributed by atoms with Gasteiger partial charge < -0.3 is 0 Å². The average Bonchev–Trinajstić information content (AvgIpc) is 2.73. The summed E-state index contributed by atoms with van der Waals surface area (Å²) in [5, 5.41) is 1.38. The second-order valence-electron chi connectivity index (χ2n) is 5.68. The SMILES string of the molecule is O=C(NN1C(=O)[C@H]2C[C@H](Br)[C@@H](Br)C[C@H]2C1=O)c1ccc(Cl)cc1. The van der Waals surface area contributed by atoms with E-state index in [0.29, 0.717) is 23.4 Å². The van der Waals surface area contributed by atoms with E-state index in [9.17, 15) is 14.4 Å². The Bertz CT molecular complexity index is 639. The van der Waals surface area contributed by atoms with Crippen molar-refractivity contribution in [2.45, 2.75) is 22.5 Å². The largest absolute Gasteiger partial charge is 0.272 e. The molecule has 1 aromatic carbocycles. The third-order valence-corrected chi connectivity index (χ3v) is 7.22. The number of benzene rings is 1. The molecule has 1 saturated heterocycles. The van der Waals surface area contributed by atoms with Crippen LogP contribution in [0.3, 0.4) is 0 Å². The number of rotatable bonds is 2. The van der Waals surface area contributed by atoms with Crippen molar-refractivity contribution >= 4 is 61.2 Å². The molecule has 1 aliphatic carbocycles. The summed E-state index contributed by atoms with van der Waals surface area (Å²) >= 11 is 12.8. The van der Waals surface area contributed by atoms with E-state index in [1.54, 1.807) is 24.3 Å². The van der Waals surface area contributed by atoms with Crippen LogP contribution in [-0.2, 0) is 9.59 Å². The Morgan fingerprint density at radius 3 is 2.00 bits per heavy atom. The number of hydrazine groups is 1. The van der Waals surface area contributed by atoms with Crippen molar-refractivity contribution in [3.05, 3.63) is 34.9 Å². The fourth-order valence-corrected chi connectivity index (χ4v) is 4.34. The van der Waals surface area contributed by atoms with Crippen molar-refractivity contribution in [2.24, 2.45) is 11.8 Å². The van der Waals surface area contributed by atoms with Gasteiger partial charge in [-0.05, 0) is 37.1 Å². The first kappa shape index (κ1) is 16.9. The highest BCUT2D eigenvalue weighted by Gasteiger charge is 2.52. The highest BCUT2D eigenvalue weighted by molar-refractivity contribution is 9.12. The van der Waals surface area contributed by atoms with Crippen molar-refractivity contribution in [1.29, 1.82) is 0 Å². The first-order valence-electron chi connectivity index (χ1n) is 7.11. The fraction of sp³-hybridized carbons (Fsp3) is 0.400. The number of alkyl halides is 2. The van der Waals surface area contributed by atoms with Gasteiger partial charge in [-0.25, -0.2) is 0 Å². The molecule has 0 spiro atoms. The molecule has 1 heterocycles. The summed E-state index contributed by atoms with van der Waals surface area (Å²) < 4.78 is 0. The Kier molecular flexibility index (Phi) is 4.80. The maximum absolute atomic E-state index is 12.5. The zero-order valence-electron chi connectivity index (χ0n) is 11.8. The second-order valence-corrected chi connectivity index (χ2v) is 8.46. The van der Waals surface area contributed by atoms with Gasteiger partial charge in [-0.3, -0.25) is 19.8 Å². The highest BCUT2D eigenvalue weighted by atomic mass is 79.9. The van der Waals surface area contributed by atoms with Crippen LogP contribution >= 0.6 is 43.5 Å². The maximum atomic E-state index is 12.5. The first-order chi connectivity index (χ1) is 10.9. The number of carbonyl (C=O) groups is 3. The van der Waals surface area contributed by atoms with E-state index < -0.39 is 5.91 Å². The smallest absolute Gasteiger partial charge is 0.270 e. The predicted octanol–water partition coefficient (Wildman–Crippen LogP) is 2.91. The van der Waals surface area contributed by atoms with E-state index in [1.807, 2.05) is 0 Å². The predicted molar refractivity (Wildman–Crippen MR) is 92.4 cm³/mol. The minimum atomic E-state index is -0.507. The molecule has 3 rings (SSSR count). The number of nitrogens with one attached hydrogen (secondary N) is 1. The van der Waals surface area contributed by atoms with E-state index in [1.165, 1.54) is 0 Å². The lowest BCUT2D eigenvalue weighted by Crippen LogP contribution is -2.46. The summed E-state index contributed by atoms with van der Waals surface area (Å²) in [6.45, 7) is 0. The van der Waals surface area contributed by atoms with Crippen molar-refractivity contribution in [3.8, 4) is 0 Å². The van der Waals surface area contributed by atoms with Gasteiger partial charge in [-0.1, -0.05) is 43.5 Å². The monoisotopic (exact) mass is 462 g/mol. The van der Waals surface area contributed by atoms with Crippen LogP contribution in [0.5, 0.6) is 0 Å². The summed E-state index contributed by atoms with van der Waals surface area (Å²) in [5.74, 6) is -1.96. The highest BCUT2D eigenvalue weighted by Crippen LogP contribution is 2.42. The van der Waals surface area contributed by atoms with Crippen LogP contribution < -0.4 is 5.43 Å². The molecule has 2 aliphatic rings. The van der Waals surface area contributed by atoms with Crippen LogP contribution in [0.2, 0.25) is 5.02 Å². The number of amides is 3. The number of carbonyl (C=O) groups excluding carboxylic acids is 3. The molecule has 0 aromatic heterocycles. The van der Waals surface area contributed by atoms with E-state index >= 15 is 0 Å². The lowest BCUT2D eigenvalue weighted by molar-refractivity contribution is -0.142. The molecular weight excluding hydrogens is 451 g/mol. The molecular formula is C15H13Br2ClN2O3.